The van der Waals surface area contributed by atoms with E-state index in [4.69, 9.17) is 15.0 Å². The van der Waals surface area contributed by atoms with Crippen molar-refractivity contribution in [2.75, 3.05) is 0 Å². The fraction of sp³-hybridized carbons (Fsp3) is 0.0952. The smallest absolute Gasteiger partial charge is 0.172 e. The first-order chi connectivity index (χ1) is 33.6. The van der Waals surface area contributed by atoms with E-state index < -0.39 is 7.14 Å². The van der Waals surface area contributed by atoms with Gasteiger partial charge in [0.1, 0.15) is 0 Å². The van der Waals surface area contributed by atoms with Gasteiger partial charge in [-0.25, -0.2) is 15.0 Å². The summed E-state index contributed by atoms with van der Waals surface area (Å²) in [6.07, 6.45) is 5.74. The van der Waals surface area contributed by atoms with Crippen molar-refractivity contribution in [3.05, 3.63) is 242 Å². The number of fused-ring (bicyclic) bond motifs is 3. The first-order valence-corrected chi connectivity index (χ1v) is 25.5. The fourth-order valence-electron chi connectivity index (χ4n) is 10.9. The molecule has 0 unspecified atom stereocenters. The molecule has 0 aliphatic heterocycles. The molecule has 0 amide bonds. The van der Waals surface area contributed by atoms with Crippen molar-refractivity contribution in [2.24, 2.45) is 0 Å². The van der Waals surface area contributed by atoms with Crippen LogP contribution in [0.15, 0.2) is 231 Å². The van der Waals surface area contributed by atoms with Crippen molar-refractivity contribution >= 4 is 55.4 Å². The Balaban J connectivity index is 0.948. The van der Waals surface area contributed by atoms with Crippen LogP contribution >= 0.6 is 7.14 Å². The normalized spacial score (nSPS) is 13.8. The van der Waals surface area contributed by atoms with Gasteiger partial charge in [0.2, 0.25) is 0 Å². The second-order valence-electron chi connectivity index (χ2n) is 18.1. The van der Waals surface area contributed by atoms with Crippen LogP contribution in [-0.2, 0) is 9.98 Å². The molecule has 1 heterocycles. The van der Waals surface area contributed by atoms with Crippen LogP contribution in [0.4, 0.5) is 0 Å². The zero-order chi connectivity index (χ0) is 45.5. The van der Waals surface area contributed by atoms with Crippen molar-refractivity contribution in [1.82, 2.24) is 15.0 Å². The highest BCUT2D eigenvalue weighted by atomic mass is 31.2. The van der Waals surface area contributed by atoms with Crippen LogP contribution in [0.2, 0.25) is 0 Å². The Morgan fingerprint density at radius 3 is 1.31 bits per heavy atom. The number of hydrogen-bond acceptors (Lipinski definition) is 4. The average molecular weight is 894 g/mol. The molecule has 0 spiro atoms. The standard InChI is InChI=1S/C63H48N3OP/c67-68(52-23-7-2-8-24-52,53-25-9-3-10-26-53)59-56-29-15-13-27-54(56)58(55-28-14-16-30-57(55)59)45-33-37-50(38-34-45)63(41-17-4-18-42-63)51-39-35-47(36-40-51)61-64-60(46-20-5-1-6-21-46)65-62(66-61)49-32-31-44-19-11-12-22-48(44)43-49/h1-3,5-16,19-40,43H,4,17-18,41-42H2. The van der Waals surface area contributed by atoms with Crippen LogP contribution in [0, 0.1) is 0 Å². The average Bonchev–Trinajstić information content (AvgIpc) is 3.43. The topological polar surface area (TPSA) is 55.7 Å². The Labute approximate surface area is 397 Å². The van der Waals surface area contributed by atoms with Crippen LogP contribution in [0.5, 0.6) is 0 Å². The quantitative estimate of drug-likeness (QED) is 0.107. The lowest BCUT2D eigenvalue weighted by Gasteiger charge is -2.39. The monoisotopic (exact) mass is 893 g/mol. The highest BCUT2D eigenvalue weighted by molar-refractivity contribution is 7.86. The van der Waals surface area contributed by atoms with Gasteiger partial charge in [-0.1, -0.05) is 244 Å². The largest absolute Gasteiger partial charge is 0.309 e. The summed E-state index contributed by atoms with van der Waals surface area (Å²) in [7, 11) is -3.32. The van der Waals surface area contributed by atoms with Crippen LogP contribution in [0.1, 0.15) is 43.2 Å². The maximum absolute atomic E-state index is 16.2. The molecule has 1 aliphatic carbocycles. The van der Waals surface area contributed by atoms with Gasteiger partial charge in [-0.3, -0.25) is 0 Å². The van der Waals surface area contributed by atoms with E-state index in [0.717, 1.165) is 83.5 Å². The van der Waals surface area contributed by atoms with Gasteiger partial charge in [-0.15, -0.1) is 0 Å². The van der Waals surface area contributed by atoms with Crippen LogP contribution in [0.25, 0.3) is 77.6 Å². The second-order valence-corrected chi connectivity index (χ2v) is 20.8. The number of aromatic nitrogens is 3. The van der Waals surface area contributed by atoms with E-state index in [1.54, 1.807) is 0 Å². The predicted molar refractivity (Wildman–Crippen MR) is 284 cm³/mol. The van der Waals surface area contributed by atoms with Gasteiger partial charge in [0.05, 0.1) is 0 Å². The van der Waals surface area contributed by atoms with Crippen molar-refractivity contribution in [1.29, 1.82) is 0 Å². The van der Waals surface area contributed by atoms with Gasteiger partial charge in [0, 0.05) is 38.0 Å². The molecule has 0 N–H and O–H groups in total. The van der Waals surface area contributed by atoms with Crippen LogP contribution < -0.4 is 15.9 Å². The molecule has 1 saturated carbocycles. The Hall–Kier alpha value is -7.78. The Bertz CT molecular complexity index is 3560. The lowest BCUT2D eigenvalue weighted by Crippen LogP contribution is -2.30. The molecular weight excluding hydrogens is 846 g/mol. The van der Waals surface area contributed by atoms with Gasteiger partial charge in [-0.05, 0) is 73.5 Å². The molecule has 1 fully saturated rings. The zero-order valence-corrected chi connectivity index (χ0v) is 38.6. The van der Waals surface area contributed by atoms with Crippen molar-refractivity contribution in [3.63, 3.8) is 0 Å². The zero-order valence-electron chi connectivity index (χ0n) is 37.7. The molecule has 12 rings (SSSR count). The van der Waals surface area contributed by atoms with Gasteiger partial charge in [0.25, 0.3) is 0 Å². The summed E-state index contributed by atoms with van der Waals surface area (Å²) in [5.41, 5.74) is 7.71. The summed E-state index contributed by atoms with van der Waals surface area (Å²) < 4.78 is 16.2. The van der Waals surface area contributed by atoms with Crippen LogP contribution in [0.3, 0.4) is 0 Å². The van der Waals surface area contributed by atoms with E-state index in [0.29, 0.717) is 17.5 Å². The Kier molecular flexibility index (Phi) is 10.7. The summed E-state index contributed by atoms with van der Waals surface area (Å²) >= 11 is 0. The summed E-state index contributed by atoms with van der Waals surface area (Å²) in [6, 6.07) is 80.6. The number of benzene rings is 10. The first kappa shape index (κ1) is 41.6. The maximum Gasteiger partial charge on any atom is 0.172 e. The molecule has 11 aromatic rings. The van der Waals surface area contributed by atoms with Gasteiger partial charge in [-0.2, -0.15) is 0 Å². The third-order valence-electron chi connectivity index (χ3n) is 14.3. The minimum Gasteiger partial charge on any atom is -0.309 e. The lowest BCUT2D eigenvalue weighted by atomic mass is 9.65. The van der Waals surface area contributed by atoms with Crippen molar-refractivity contribution in [2.45, 2.75) is 37.5 Å². The first-order valence-electron chi connectivity index (χ1n) is 23.7. The third kappa shape index (κ3) is 7.24. The molecule has 5 heteroatoms. The predicted octanol–water partition coefficient (Wildman–Crippen LogP) is 14.9. The molecule has 10 aromatic carbocycles. The maximum atomic E-state index is 16.2. The number of nitrogens with zero attached hydrogens (tertiary/aromatic N) is 3. The summed E-state index contributed by atoms with van der Waals surface area (Å²) in [4.78, 5) is 15.2. The second kappa shape index (κ2) is 17.5. The third-order valence-corrected chi connectivity index (χ3v) is 17.4. The Morgan fingerprint density at radius 2 is 0.765 bits per heavy atom. The molecule has 0 radical (unpaired) electrons. The van der Waals surface area contributed by atoms with Gasteiger partial charge < -0.3 is 4.57 Å². The fourth-order valence-corrected chi connectivity index (χ4v) is 14.0. The lowest BCUT2D eigenvalue weighted by molar-refractivity contribution is 0.346. The molecule has 4 nitrogen and oxygen atoms in total. The van der Waals surface area contributed by atoms with E-state index in [9.17, 15) is 0 Å². The van der Waals surface area contributed by atoms with E-state index >= 15 is 4.57 Å². The summed E-state index contributed by atoms with van der Waals surface area (Å²) in [5.74, 6) is 1.97. The van der Waals surface area contributed by atoms with Crippen molar-refractivity contribution in [3.8, 4) is 45.3 Å². The van der Waals surface area contributed by atoms with E-state index in [1.807, 2.05) is 78.9 Å². The van der Waals surface area contributed by atoms with E-state index in [-0.39, 0.29) is 5.41 Å². The highest BCUT2D eigenvalue weighted by Gasteiger charge is 2.37. The van der Waals surface area contributed by atoms with Gasteiger partial charge in [0.15, 0.2) is 24.6 Å². The molecule has 326 valence electrons. The number of hydrogen-bond donors (Lipinski definition) is 0. The van der Waals surface area contributed by atoms with Crippen molar-refractivity contribution < 1.29 is 4.57 Å². The minimum absolute atomic E-state index is 0.133. The summed E-state index contributed by atoms with van der Waals surface area (Å²) in [5, 5.41) is 9.13. The summed E-state index contributed by atoms with van der Waals surface area (Å²) in [6.45, 7) is 0. The molecule has 1 aliphatic rings. The highest BCUT2D eigenvalue weighted by Crippen LogP contribution is 2.50. The van der Waals surface area contributed by atoms with E-state index in [1.165, 1.54) is 35.8 Å². The molecule has 68 heavy (non-hydrogen) atoms. The molecule has 1 aromatic heterocycles. The molecular formula is C63H48N3OP. The molecule has 0 saturated heterocycles. The van der Waals surface area contributed by atoms with Gasteiger partial charge >= 0.3 is 0 Å². The molecule has 0 bridgehead atoms. The van der Waals surface area contributed by atoms with E-state index in [2.05, 4.69) is 152 Å². The minimum atomic E-state index is -3.32. The SMILES string of the molecule is O=P(c1ccccc1)(c1ccccc1)c1c2ccccc2c(-c2ccc(C3(c4ccc(-c5nc(-c6ccccc6)nc(-c6ccc7ccccc7c6)n5)cc4)CCCCC3)cc2)c2ccccc12. The van der Waals surface area contributed by atoms with Crippen LogP contribution in [-0.4, -0.2) is 15.0 Å². The number of rotatable bonds is 9. The Morgan fingerprint density at radius 1 is 0.353 bits per heavy atom. The molecule has 0 atom stereocenters.